The van der Waals surface area contributed by atoms with Crippen LogP contribution in [0.5, 0.6) is 0 Å². The maximum absolute atomic E-state index is 12.8. The maximum Gasteiger partial charge on any atom is 0.242 e. The number of rotatable bonds is 4. The lowest BCUT2D eigenvalue weighted by Gasteiger charge is -2.40. The average Bonchev–Trinajstić information content (AvgIpc) is 3.07. The molecule has 152 valence electrons. The SMILES string of the molecule is Cc1cccc(CN2CCCC3(CCN(C(=O)CN4CCCCC4=O)C3)C2)c1. The van der Waals surface area contributed by atoms with Gasteiger partial charge < -0.3 is 9.80 Å². The number of likely N-dealkylation sites (tertiary alicyclic amines) is 3. The van der Waals surface area contributed by atoms with Crippen LogP contribution in [-0.2, 0) is 16.1 Å². The second kappa shape index (κ2) is 8.24. The molecule has 3 fully saturated rings. The molecule has 0 saturated carbocycles. The summed E-state index contributed by atoms with van der Waals surface area (Å²) < 4.78 is 0. The molecule has 28 heavy (non-hydrogen) atoms. The number of hydrogen-bond donors (Lipinski definition) is 0. The minimum absolute atomic E-state index is 0.142. The van der Waals surface area contributed by atoms with E-state index >= 15 is 0 Å². The van der Waals surface area contributed by atoms with Crippen LogP contribution in [0.15, 0.2) is 24.3 Å². The van der Waals surface area contributed by atoms with Crippen molar-refractivity contribution in [2.75, 3.05) is 39.3 Å². The van der Waals surface area contributed by atoms with Crippen molar-refractivity contribution in [1.82, 2.24) is 14.7 Å². The molecule has 1 atom stereocenters. The fourth-order valence-corrected chi connectivity index (χ4v) is 5.29. The highest BCUT2D eigenvalue weighted by Gasteiger charge is 2.43. The highest BCUT2D eigenvalue weighted by atomic mass is 16.2. The topological polar surface area (TPSA) is 43.9 Å². The molecule has 1 spiro atoms. The molecule has 3 saturated heterocycles. The Kier molecular flexibility index (Phi) is 5.72. The minimum atomic E-state index is 0.142. The van der Waals surface area contributed by atoms with Gasteiger partial charge in [0.05, 0.1) is 6.54 Å². The van der Waals surface area contributed by atoms with E-state index in [4.69, 9.17) is 0 Å². The zero-order valence-corrected chi connectivity index (χ0v) is 17.2. The van der Waals surface area contributed by atoms with Crippen molar-refractivity contribution < 1.29 is 9.59 Å². The third-order valence-electron chi connectivity index (χ3n) is 6.77. The summed E-state index contributed by atoms with van der Waals surface area (Å²) in [4.78, 5) is 31.2. The van der Waals surface area contributed by atoms with E-state index in [9.17, 15) is 9.59 Å². The van der Waals surface area contributed by atoms with Gasteiger partial charge >= 0.3 is 0 Å². The second-order valence-electron chi connectivity index (χ2n) is 9.14. The van der Waals surface area contributed by atoms with Crippen LogP contribution >= 0.6 is 0 Å². The number of hydrogen-bond acceptors (Lipinski definition) is 3. The molecule has 5 heteroatoms. The van der Waals surface area contributed by atoms with Crippen molar-refractivity contribution in [3.8, 4) is 0 Å². The first-order valence-electron chi connectivity index (χ1n) is 10.9. The van der Waals surface area contributed by atoms with Gasteiger partial charge in [-0.3, -0.25) is 14.5 Å². The standard InChI is InChI=1S/C23H33N3O2/c1-19-6-4-7-20(14-19)15-24-11-5-9-23(17-24)10-13-26(18-23)22(28)16-25-12-3-2-8-21(25)27/h4,6-7,14H,2-3,5,8-13,15-18H2,1H3. The van der Waals surface area contributed by atoms with Crippen LogP contribution in [0.25, 0.3) is 0 Å². The number of amides is 2. The summed E-state index contributed by atoms with van der Waals surface area (Å²) in [5.74, 6) is 0.290. The minimum Gasteiger partial charge on any atom is -0.341 e. The summed E-state index contributed by atoms with van der Waals surface area (Å²) in [6.45, 7) is 8.10. The molecular formula is C23H33N3O2. The van der Waals surface area contributed by atoms with Crippen LogP contribution < -0.4 is 0 Å². The lowest BCUT2D eigenvalue weighted by Crippen LogP contribution is -2.47. The Morgan fingerprint density at radius 1 is 1.07 bits per heavy atom. The van der Waals surface area contributed by atoms with Crippen LogP contribution in [0.2, 0.25) is 0 Å². The molecular weight excluding hydrogens is 350 g/mol. The van der Waals surface area contributed by atoms with E-state index in [1.165, 1.54) is 24.0 Å². The Bertz CT molecular complexity index is 734. The van der Waals surface area contributed by atoms with E-state index in [1.807, 2.05) is 4.90 Å². The molecule has 1 aromatic rings. The van der Waals surface area contributed by atoms with Gasteiger partial charge in [0, 0.05) is 44.6 Å². The molecule has 0 bridgehead atoms. The van der Waals surface area contributed by atoms with Crippen molar-refractivity contribution in [1.29, 1.82) is 0 Å². The first kappa shape index (κ1) is 19.4. The second-order valence-corrected chi connectivity index (χ2v) is 9.14. The fraction of sp³-hybridized carbons (Fsp3) is 0.652. The van der Waals surface area contributed by atoms with Crippen molar-refractivity contribution >= 4 is 11.8 Å². The van der Waals surface area contributed by atoms with Crippen molar-refractivity contribution in [3.05, 3.63) is 35.4 Å². The summed E-state index contributed by atoms with van der Waals surface area (Å²) >= 11 is 0. The summed E-state index contributed by atoms with van der Waals surface area (Å²) in [6, 6.07) is 8.78. The largest absolute Gasteiger partial charge is 0.341 e. The number of carbonyl (C=O) groups is 2. The highest BCUT2D eigenvalue weighted by molar-refractivity contribution is 5.85. The van der Waals surface area contributed by atoms with E-state index in [-0.39, 0.29) is 23.8 Å². The molecule has 5 nitrogen and oxygen atoms in total. The Labute approximate surface area is 168 Å². The number of aryl methyl sites for hydroxylation is 1. The van der Waals surface area contributed by atoms with Crippen LogP contribution in [0.1, 0.15) is 49.7 Å². The van der Waals surface area contributed by atoms with Gasteiger partial charge in [-0.1, -0.05) is 29.8 Å². The van der Waals surface area contributed by atoms with E-state index in [0.29, 0.717) is 6.42 Å². The monoisotopic (exact) mass is 383 g/mol. The quantitative estimate of drug-likeness (QED) is 0.803. The normalized spacial score (nSPS) is 26.2. The van der Waals surface area contributed by atoms with E-state index in [2.05, 4.69) is 36.1 Å². The van der Waals surface area contributed by atoms with Gasteiger partial charge in [-0.15, -0.1) is 0 Å². The lowest BCUT2D eigenvalue weighted by atomic mass is 9.79. The highest BCUT2D eigenvalue weighted by Crippen LogP contribution is 2.39. The van der Waals surface area contributed by atoms with Crippen molar-refractivity contribution in [2.24, 2.45) is 5.41 Å². The zero-order valence-electron chi connectivity index (χ0n) is 17.2. The molecule has 2 amide bonds. The predicted molar refractivity (Wildman–Crippen MR) is 110 cm³/mol. The van der Waals surface area contributed by atoms with Gasteiger partial charge in [-0.2, -0.15) is 0 Å². The fourth-order valence-electron chi connectivity index (χ4n) is 5.29. The Balaban J connectivity index is 1.34. The van der Waals surface area contributed by atoms with Crippen LogP contribution in [0.3, 0.4) is 0 Å². The predicted octanol–water partition coefficient (Wildman–Crippen LogP) is 2.82. The summed E-state index contributed by atoms with van der Waals surface area (Å²) in [5.41, 5.74) is 2.93. The van der Waals surface area contributed by atoms with E-state index < -0.39 is 0 Å². The van der Waals surface area contributed by atoms with Crippen molar-refractivity contribution in [3.63, 3.8) is 0 Å². The summed E-state index contributed by atoms with van der Waals surface area (Å²) in [7, 11) is 0. The number of piperidine rings is 2. The third-order valence-corrected chi connectivity index (χ3v) is 6.77. The Morgan fingerprint density at radius 3 is 2.79 bits per heavy atom. The molecule has 3 aliphatic rings. The van der Waals surface area contributed by atoms with Crippen LogP contribution in [0, 0.1) is 12.3 Å². The summed E-state index contributed by atoms with van der Waals surface area (Å²) in [5, 5.41) is 0. The lowest BCUT2D eigenvalue weighted by molar-refractivity contribution is -0.141. The Hall–Kier alpha value is -1.88. The molecule has 4 rings (SSSR count). The van der Waals surface area contributed by atoms with Crippen LogP contribution in [0.4, 0.5) is 0 Å². The molecule has 0 N–H and O–H groups in total. The number of nitrogens with zero attached hydrogens (tertiary/aromatic N) is 3. The van der Waals surface area contributed by atoms with Gasteiger partial charge in [0.2, 0.25) is 11.8 Å². The first-order valence-corrected chi connectivity index (χ1v) is 10.9. The average molecular weight is 384 g/mol. The maximum atomic E-state index is 12.8. The molecule has 0 aliphatic carbocycles. The molecule has 0 aromatic heterocycles. The molecule has 3 heterocycles. The first-order chi connectivity index (χ1) is 13.5. The summed E-state index contributed by atoms with van der Waals surface area (Å²) in [6.07, 6.45) is 6.11. The molecule has 1 unspecified atom stereocenters. The molecule has 1 aromatic carbocycles. The molecule has 3 aliphatic heterocycles. The van der Waals surface area contributed by atoms with Crippen LogP contribution in [-0.4, -0.2) is 65.8 Å². The zero-order chi connectivity index (χ0) is 19.6. The number of benzene rings is 1. The van der Waals surface area contributed by atoms with Crippen molar-refractivity contribution in [2.45, 2.75) is 52.0 Å². The Morgan fingerprint density at radius 2 is 1.96 bits per heavy atom. The smallest absolute Gasteiger partial charge is 0.242 e. The van der Waals surface area contributed by atoms with Gasteiger partial charge in [0.25, 0.3) is 0 Å². The number of carbonyl (C=O) groups excluding carboxylic acids is 2. The van der Waals surface area contributed by atoms with Gasteiger partial charge in [-0.05, 0) is 51.1 Å². The van der Waals surface area contributed by atoms with Gasteiger partial charge in [-0.25, -0.2) is 0 Å². The third kappa shape index (κ3) is 4.40. The molecule has 0 radical (unpaired) electrons. The van der Waals surface area contributed by atoms with Gasteiger partial charge in [0.1, 0.15) is 0 Å². The van der Waals surface area contributed by atoms with E-state index in [1.54, 1.807) is 4.90 Å². The van der Waals surface area contributed by atoms with E-state index in [0.717, 1.165) is 58.5 Å². The van der Waals surface area contributed by atoms with Gasteiger partial charge in [0.15, 0.2) is 0 Å².